The molecule has 2 rings (SSSR count). The molecule has 0 saturated heterocycles. The maximum atomic E-state index is 11.2. The van der Waals surface area contributed by atoms with Crippen LogP contribution in [-0.2, 0) is 11.8 Å². The Bertz CT molecular complexity index is 595. The third-order valence-corrected chi connectivity index (χ3v) is 2.13. The molecule has 0 radical (unpaired) electrons. The lowest BCUT2D eigenvalue weighted by atomic mass is 10.3. The van der Waals surface area contributed by atoms with Crippen molar-refractivity contribution in [3.8, 4) is 5.75 Å². The summed E-state index contributed by atoms with van der Waals surface area (Å²) in [7, 11) is 1.59. The largest absolute Gasteiger partial charge is 0.482 e. The van der Waals surface area contributed by atoms with Crippen LogP contribution in [0.25, 0.3) is 11.1 Å². The molecule has 6 nitrogen and oxygen atoms in total. The first-order valence-corrected chi connectivity index (χ1v) is 4.52. The van der Waals surface area contributed by atoms with Crippen LogP contribution in [0.5, 0.6) is 5.75 Å². The monoisotopic (exact) mass is 223 g/mol. The predicted molar refractivity (Wildman–Crippen MR) is 54.6 cm³/mol. The van der Waals surface area contributed by atoms with E-state index < -0.39 is 18.3 Å². The predicted octanol–water partition coefficient (Wildman–Crippen LogP) is 0.595. The van der Waals surface area contributed by atoms with Crippen molar-refractivity contribution >= 4 is 17.1 Å². The summed E-state index contributed by atoms with van der Waals surface area (Å²) in [5, 5.41) is 8.43. The van der Waals surface area contributed by atoms with E-state index in [-0.39, 0.29) is 0 Å². The number of oxazole rings is 1. The van der Waals surface area contributed by atoms with Crippen LogP contribution < -0.4 is 10.5 Å². The van der Waals surface area contributed by atoms with E-state index in [1.165, 1.54) is 10.6 Å². The summed E-state index contributed by atoms with van der Waals surface area (Å²) in [5.74, 6) is -1.18. The fourth-order valence-electron chi connectivity index (χ4n) is 1.35. The Morgan fingerprint density at radius 1 is 1.56 bits per heavy atom. The van der Waals surface area contributed by atoms with Crippen molar-refractivity contribution in [2.45, 2.75) is 0 Å². The Hall–Kier alpha value is -2.24. The molecule has 0 spiro atoms. The minimum Gasteiger partial charge on any atom is -0.482 e. The Balaban J connectivity index is 2.37. The SMILES string of the molecule is Cn1c(=O)oc2cc(OCC(=O)O)ccc21. The maximum Gasteiger partial charge on any atom is 0.419 e. The van der Waals surface area contributed by atoms with Crippen LogP contribution >= 0.6 is 0 Å². The lowest BCUT2D eigenvalue weighted by Crippen LogP contribution is -2.09. The molecule has 0 aliphatic rings. The lowest BCUT2D eigenvalue weighted by Gasteiger charge is -2.01. The van der Waals surface area contributed by atoms with E-state index in [1.807, 2.05) is 0 Å². The van der Waals surface area contributed by atoms with Gasteiger partial charge in [-0.05, 0) is 12.1 Å². The van der Waals surface area contributed by atoms with Crippen LogP contribution in [0.2, 0.25) is 0 Å². The van der Waals surface area contributed by atoms with Crippen LogP contribution in [0.3, 0.4) is 0 Å². The van der Waals surface area contributed by atoms with Crippen molar-refractivity contribution in [2.24, 2.45) is 7.05 Å². The second-order valence-corrected chi connectivity index (χ2v) is 3.24. The highest BCUT2D eigenvalue weighted by Gasteiger charge is 2.07. The number of ether oxygens (including phenoxy) is 1. The van der Waals surface area contributed by atoms with Gasteiger partial charge in [0.25, 0.3) is 0 Å². The van der Waals surface area contributed by atoms with Gasteiger partial charge >= 0.3 is 11.7 Å². The van der Waals surface area contributed by atoms with Gasteiger partial charge in [-0.1, -0.05) is 0 Å². The number of aryl methyl sites for hydroxylation is 1. The number of rotatable bonds is 3. The van der Waals surface area contributed by atoms with Crippen molar-refractivity contribution in [2.75, 3.05) is 6.61 Å². The molecule has 1 N–H and O–H groups in total. The van der Waals surface area contributed by atoms with Crippen molar-refractivity contribution < 1.29 is 19.1 Å². The van der Waals surface area contributed by atoms with Gasteiger partial charge in [0, 0.05) is 13.1 Å². The first kappa shape index (κ1) is 10.3. The number of carbonyl (C=O) groups is 1. The van der Waals surface area contributed by atoms with Gasteiger partial charge in [0.2, 0.25) is 0 Å². The van der Waals surface area contributed by atoms with Crippen LogP contribution in [0.1, 0.15) is 0 Å². The number of benzene rings is 1. The average molecular weight is 223 g/mol. The number of fused-ring (bicyclic) bond motifs is 1. The number of aliphatic carboxylic acids is 1. The van der Waals surface area contributed by atoms with E-state index in [0.29, 0.717) is 16.8 Å². The zero-order valence-corrected chi connectivity index (χ0v) is 8.47. The van der Waals surface area contributed by atoms with Gasteiger partial charge < -0.3 is 14.3 Å². The first-order valence-electron chi connectivity index (χ1n) is 4.52. The third-order valence-electron chi connectivity index (χ3n) is 2.13. The second-order valence-electron chi connectivity index (χ2n) is 3.24. The van der Waals surface area contributed by atoms with E-state index in [1.54, 1.807) is 19.2 Å². The highest BCUT2D eigenvalue weighted by atomic mass is 16.5. The molecular weight excluding hydrogens is 214 g/mol. The summed E-state index contributed by atoms with van der Waals surface area (Å²) in [5.41, 5.74) is 1.00. The van der Waals surface area contributed by atoms with Gasteiger partial charge in [-0.3, -0.25) is 4.57 Å². The van der Waals surface area contributed by atoms with E-state index in [0.717, 1.165) is 0 Å². The molecule has 0 atom stereocenters. The quantitative estimate of drug-likeness (QED) is 0.823. The molecule has 84 valence electrons. The van der Waals surface area contributed by atoms with Gasteiger partial charge in [-0.2, -0.15) is 0 Å². The van der Waals surface area contributed by atoms with Crippen LogP contribution in [0.15, 0.2) is 27.4 Å². The molecule has 0 unspecified atom stereocenters. The molecule has 2 aromatic rings. The van der Waals surface area contributed by atoms with Crippen molar-refractivity contribution in [3.05, 3.63) is 28.7 Å². The van der Waals surface area contributed by atoms with Gasteiger partial charge in [0.1, 0.15) is 5.75 Å². The minimum atomic E-state index is -1.06. The fraction of sp³-hybridized carbons (Fsp3) is 0.200. The van der Waals surface area contributed by atoms with Gasteiger partial charge in [0.15, 0.2) is 12.2 Å². The molecule has 1 aromatic carbocycles. The summed E-state index contributed by atoms with van der Waals surface area (Å²) >= 11 is 0. The number of nitrogens with zero attached hydrogens (tertiary/aromatic N) is 1. The van der Waals surface area contributed by atoms with Gasteiger partial charge in [-0.15, -0.1) is 0 Å². The topological polar surface area (TPSA) is 81.7 Å². The number of carboxylic acid groups (broad SMARTS) is 1. The highest BCUT2D eigenvalue weighted by molar-refractivity contribution is 5.75. The molecule has 0 saturated carbocycles. The van der Waals surface area contributed by atoms with Crippen LogP contribution in [0.4, 0.5) is 0 Å². The van der Waals surface area contributed by atoms with Crippen molar-refractivity contribution in [1.29, 1.82) is 0 Å². The first-order chi connectivity index (χ1) is 7.58. The summed E-state index contributed by atoms with van der Waals surface area (Å²) in [6.07, 6.45) is 0. The Kier molecular flexibility index (Phi) is 2.40. The second kappa shape index (κ2) is 3.73. The fourth-order valence-corrected chi connectivity index (χ4v) is 1.35. The smallest absolute Gasteiger partial charge is 0.419 e. The van der Waals surface area contributed by atoms with Crippen LogP contribution in [-0.4, -0.2) is 22.2 Å². The standard InChI is InChI=1S/C10H9NO5/c1-11-7-3-2-6(15-5-9(12)13)4-8(7)16-10(11)14/h2-4H,5H2,1H3,(H,12,13). The van der Waals surface area contributed by atoms with Gasteiger partial charge in [0.05, 0.1) is 5.52 Å². The van der Waals surface area contributed by atoms with Crippen LogP contribution in [0, 0.1) is 0 Å². The van der Waals surface area contributed by atoms with E-state index in [2.05, 4.69) is 0 Å². The molecule has 1 heterocycles. The van der Waals surface area contributed by atoms with Gasteiger partial charge in [-0.25, -0.2) is 9.59 Å². The summed E-state index contributed by atoms with van der Waals surface area (Å²) < 4.78 is 11.2. The van der Waals surface area contributed by atoms with E-state index in [4.69, 9.17) is 14.3 Å². The Labute approximate surface area is 89.7 Å². The van der Waals surface area contributed by atoms with Crippen molar-refractivity contribution in [3.63, 3.8) is 0 Å². The molecule has 0 aliphatic carbocycles. The molecule has 0 amide bonds. The number of aromatic nitrogens is 1. The molecule has 1 aromatic heterocycles. The lowest BCUT2D eigenvalue weighted by molar-refractivity contribution is -0.139. The molecule has 16 heavy (non-hydrogen) atoms. The third kappa shape index (κ3) is 1.77. The molecule has 0 aliphatic heterocycles. The normalized spacial score (nSPS) is 10.6. The summed E-state index contributed by atoms with van der Waals surface area (Å²) in [6, 6.07) is 4.71. The number of carboxylic acids is 1. The number of hydrogen-bond donors (Lipinski definition) is 1. The average Bonchev–Trinajstić information content (AvgIpc) is 2.52. The number of hydrogen-bond acceptors (Lipinski definition) is 4. The zero-order valence-electron chi connectivity index (χ0n) is 8.47. The summed E-state index contributed by atoms with van der Waals surface area (Å²) in [4.78, 5) is 21.5. The molecule has 0 fully saturated rings. The zero-order chi connectivity index (χ0) is 11.7. The molecule has 0 bridgehead atoms. The van der Waals surface area contributed by atoms with E-state index in [9.17, 15) is 9.59 Å². The Morgan fingerprint density at radius 3 is 3.00 bits per heavy atom. The van der Waals surface area contributed by atoms with E-state index >= 15 is 0 Å². The van der Waals surface area contributed by atoms with Crippen molar-refractivity contribution in [1.82, 2.24) is 4.57 Å². The maximum absolute atomic E-state index is 11.2. The molecular formula is C10H9NO5. The summed E-state index contributed by atoms with van der Waals surface area (Å²) in [6.45, 7) is -0.428. The molecule has 6 heteroatoms. The highest BCUT2D eigenvalue weighted by Crippen LogP contribution is 2.19. The Morgan fingerprint density at radius 2 is 2.31 bits per heavy atom. The minimum absolute atomic E-state index is 0.351.